The van der Waals surface area contributed by atoms with Crippen molar-refractivity contribution in [3.8, 4) is 55.8 Å². The number of fused-ring (bicyclic) bond motifs is 2. The second kappa shape index (κ2) is 11.1. The second-order valence-electron chi connectivity index (χ2n) is 11.2. The van der Waals surface area contributed by atoms with Gasteiger partial charge in [0.15, 0.2) is 0 Å². The molecule has 0 N–H and O–H groups in total. The van der Waals surface area contributed by atoms with Gasteiger partial charge >= 0.3 is 0 Å². The molecular formula is C43H29N. The van der Waals surface area contributed by atoms with Crippen LogP contribution in [0, 0.1) is 0 Å². The molecule has 0 atom stereocenters. The molecule has 1 heteroatoms. The Bertz CT molecular complexity index is 2230. The standard InChI is InChI=1S/C43H29N/c1-4-12-32(13-5-1)41-29-36(26-27-44-41)31-22-20-30(21-23-31)35-24-25-39-40(28-35)43(34-16-8-3-9-17-34)38-19-11-10-18-37(38)42(39)33-14-6-2-7-15-33/h1-29H. The first-order chi connectivity index (χ1) is 21.8. The smallest absolute Gasteiger partial charge is 0.0708 e. The van der Waals surface area contributed by atoms with Gasteiger partial charge in [0.25, 0.3) is 0 Å². The fraction of sp³-hybridized carbons (Fsp3) is 0. The van der Waals surface area contributed by atoms with E-state index in [0.29, 0.717) is 0 Å². The van der Waals surface area contributed by atoms with Gasteiger partial charge in [-0.05, 0) is 84.3 Å². The minimum atomic E-state index is 0.983. The number of rotatable bonds is 5. The molecule has 0 saturated carbocycles. The Kier molecular flexibility index (Phi) is 6.55. The van der Waals surface area contributed by atoms with Gasteiger partial charge in [0.1, 0.15) is 0 Å². The van der Waals surface area contributed by atoms with Crippen LogP contribution in [0.1, 0.15) is 0 Å². The number of hydrogen-bond acceptors (Lipinski definition) is 1. The van der Waals surface area contributed by atoms with Crippen LogP contribution in [-0.4, -0.2) is 4.98 Å². The highest BCUT2D eigenvalue weighted by Crippen LogP contribution is 2.44. The maximum atomic E-state index is 4.61. The van der Waals surface area contributed by atoms with Crippen LogP contribution in [0.2, 0.25) is 0 Å². The normalized spacial score (nSPS) is 11.2. The number of benzene rings is 7. The Labute approximate surface area is 257 Å². The van der Waals surface area contributed by atoms with Crippen molar-refractivity contribution in [1.29, 1.82) is 0 Å². The summed E-state index contributed by atoms with van der Waals surface area (Å²) in [4.78, 5) is 4.61. The Balaban J connectivity index is 1.29. The van der Waals surface area contributed by atoms with Gasteiger partial charge in [-0.2, -0.15) is 0 Å². The van der Waals surface area contributed by atoms with E-state index in [9.17, 15) is 0 Å². The van der Waals surface area contributed by atoms with Gasteiger partial charge in [-0.1, -0.05) is 152 Å². The van der Waals surface area contributed by atoms with Crippen molar-refractivity contribution in [2.45, 2.75) is 0 Å². The fourth-order valence-corrected chi connectivity index (χ4v) is 6.42. The molecular weight excluding hydrogens is 530 g/mol. The van der Waals surface area contributed by atoms with Gasteiger partial charge in [0.2, 0.25) is 0 Å². The van der Waals surface area contributed by atoms with Crippen molar-refractivity contribution in [3.05, 3.63) is 176 Å². The third kappa shape index (κ3) is 4.65. The van der Waals surface area contributed by atoms with E-state index in [1.165, 1.54) is 60.5 Å². The van der Waals surface area contributed by atoms with E-state index in [-0.39, 0.29) is 0 Å². The molecule has 0 aliphatic rings. The summed E-state index contributed by atoms with van der Waals surface area (Å²) in [5, 5.41) is 5.06. The lowest BCUT2D eigenvalue weighted by Crippen LogP contribution is -1.91. The van der Waals surface area contributed by atoms with Gasteiger partial charge in [-0.15, -0.1) is 0 Å². The lowest BCUT2D eigenvalue weighted by molar-refractivity contribution is 1.33. The van der Waals surface area contributed by atoms with E-state index in [4.69, 9.17) is 0 Å². The SMILES string of the molecule is c1ccc(-c2cc(-c3ccc(-c4ccc5c(-c6ccccc6)c6ccccc6c(-c6ccccc6)c5c4)cc3)ccn2)cc1. The van der Waals surface area contributed by atoms with Gasteiger partial charge in [-0.3, -0.25) is 4.98 Å². The molecule has 0 bridgehead atoms. The molecule has 44 heavy (non-hydrogen) atoms. The lowest BCUT2D eigenvalue weighted by atomic mass is 9.85. The van der Waals surface area contributed by atoms with Crippen LogP contribution in [0.5, 0.6) is 0 Å². The predicted molar refractivity (Wildman–Crippen MR) is 186 cm³/mol. The van der Waals surface area contributed by atoms with Crippen LogP contribution in [0.15, 0.2) is 176 Å². The molecule has 0 radical (unpaired) electrons. The van der Waals surface area contributed by atoms with E-state index >= 15 is 0 Å². The highest BCUT2D eigenvalue weighted by molar-refractivity contribution is 6.21. The minimum absolute atomic E-state index is 0.983. The first-order valence-electron chi connectivity index (χ1n) is 15.0. The zero-order chi connectivity index (χ0) is 29.3. The molecule has 1 nitrogen and oxygen atoms in total. The van der Waals surface area contributed by atoms with Crippen LogP contribution in [0.3, 0.4) is 0 Å². The highest BCUT2D eigenvalue weighted by Gasteiger charge is 2.17. The average Bonchev–Trinajstić information content (AvgIpc) is 3.11. The molecule has 1 heterocycles. The van der Waals surface area contributed by atoms with Crippen molar-refractivity contribution in [3.63, 3.8) is 0 Å². The first-order valence-corrected chi connectivity index (χ1v) is 15.0. The number of aromatic nitrogens is 1. The third-order valence-electron chi connectivity index (χ3n) is 8.53. The quantitative estimate of drug-likeness (QED) is 0.191. The van der Waals surface area contributed by atoms with Gasteiger partial charge in [0, 0.05) is 11.8 Å². The van der Waals surface area contributed by atoms with Crippen LogP contribution in [-0.2, 0) is 0 Å². The van der Waals surface area contributed by atoms with Crippen LogP contribution in [0.4, 0.5) is 0 Å². The maximum Gasteiger partial charge on any atom is 0.0708 e. The second-order valence-corrected chi connectivity index (χ2v) is 11.2. The predicted octanol–water partition coefficient (Wildman–Crippen LogP) is 11.7. The van der Waals surface area contributed by atoms with Gasteiger partial charge in [0.05, 0.1) is 5.69 Å². The van der Waals surface area contributed by atoms with Crippen LogP contribution < -0.4 is 0 Å². The molecule has 206 valence electrons. The molecule has 0 aliphatic heterocycles. The molecule has 0 aliphatic carbocycles. The first kappa shape index (κ1) is 25.9. The molecule has 1 aromatic heterocycles. The monoisotopic (exact) mass is 559 g/mol. The van der Waals surface area contributed by atoms with Crippen molar-refractivity contribution < 1.29 is 0 Å². The van der Waals surface area contributed by atoms with Crippen molar-refractivity contribution in [2.24, 2.45) is 0 Å². The zero-order valence-corrected chi connectivity index (χ0v) is 24.2. The van der Waals surface area contributed by atoms with Crippen molar-refractivity contribution in [2.75, 3.05) is 0 Å². The van der Waals surface area contributed by atoms with Gasteiger partial charge in [-0.25, -0.2) is 0 Å². The highest BCUT2D eigenvalue weighted by atomic mass is 14.7. The van der Waals surface area contributed by atoms with E-state index in [2.05, 4.69) is 169 Å². The minimum Gasteiger partial charge on any atom is -0.256 e. The van der Waals surface area contributed by atoms with Crippen molar-refractivity contribution in [1.82, 2.24) is 4.98 Å². The topological polar surface area (TPSA) is 12.9 Å². The van der Waals surface area contributed by atoms with E-state index in [0.717, 1.165) is 16.8 Å². The molecule has 0 amide bonds. The number of hydrogen-bond donors (Lipinski definition) is 0. The summed E-state index contributed by atoms with van der Waals surface area (Å²) in [6, 6.07) is 60.9. The largest absolute Gasteiger partial charge is 0.256 e. The molecule has 0 fully saturated rings. The Morgan fingerprint density at radius 1 is 0.273 bits per heavy atom. The molecule has 0 spiro atoms. The number of pyridine rings is 1. The Morgan fingerprint density at radius 2 is 0.705 bits per heavy atom. The Hall–Kier alpha value is -5.79. The van der Waals surface area contributed by atoms with Crippen molar-refractivity contribution >= 4 is 21.5 Å². The summed E-state index contributed by atoms with van der Waals surface area (Å²) in [5.41, 5.74) is 11.9. The summed E-state index contributed by atoms with van der Waals surface area (Å²) < 4.78 is 0. The van der Waals surface area contributed by atoms with E-state index in [1.807, 2.05) is 12.3 Å². The fourth-order valence-electron chi connectivity index (χ4n) is 6.42. The zero-order valence-electron chi connectivity index (χ0n) is 24.2. The average molecular weight is 560 g/mol. The molecule has 0 unspecified atom stereocenters. The van der Waals surface area contributed by atoms with E-state index in [1.54, 1.807) is 0 Å². The summed E-state index contributed by atoms with van der Waals surface area (Å²) in [6.45, 7) is 0. The summed E-state index contributed by atoms with van der Waals surface area (Å²) in [5.74, 6) is 0. The lowest BCUT2D eigenvalue weighted by Gasteiger charge is -2.18. The molecule has 7 aromatic carbocycles. The summed E-state index contributed by atoms with van der Waals surface area (Å²) in [6.07, 6.45) is 1.90. The number of nitrogens with zero attached hydrogens (tertiary/aromatic N) is 1. The van der Waals surface area contributed by atoms with E-state index < -0.39 is 0 Å². The van der Waals surface area contributed by atoms with Crippen LogP contribution >= 0.6 is 0 Å². The summed E-state index contributed by atoms with van der Waals surface area (Å²) >= 11 is 0. The third-order valence-corrected chi connectivity index (χ3v) is 8.53. The Morgan fingerprint density at radius 3 is 1.27 bits per heavy atom. The molecule has 8 rings (SSSR count). The molecule has 8 aromatic rings. The molecule has 0 saturated heterocycles. The van der Waals surface area contributed by atoms with Gasteiger partial charge < -0.3 is 0 Å². The maximum absolute atomic E-state index is 4.61. The summed E-state index contributed by atoms with van der Waals surface area (Å²) in [7, 11) is 0. The van der Waals surface area contributed by atoms with Crippen LogP contribution in [0.25, 0.3) is 77.3 Å².